The summed E-state index contributed by atoms with van der Waals surface area (Å²) in [5, 5.41) is 9.66. The highest BCUT2D eigenvalue weighted by Gasteiger charge is 2.42. The Morgan fingerprint density at radius 3 is 2.00 bits per heavy atom. The summed E-state index contributed by atoms with van der Waals surface area (Å²) in [5.74, 6) is 2.32. The van der Waals surface area contributed by atoms with Gasteiger partial charge in [-0.3, -0.25) is 4.90 Å². The summed E-state index contributed by atoms with van der Waals surface area (Å²) in [6, 6.07) is 2.67. The van der Waals surface area contributed by atoms with Crippen molar-refractivity contribution >= 4 is 0 Å². The first-order chi connectivity index (χ1) is 8.05. The number of rotatable bonds is 1. The van der Waals surface area contributed by atoms with E-state index in [9.17, 15) is 5.26 Å². The van der Waals surface area contributed by atoms with Crippen molar-refractivity contribution in [1.29, 1.82) is 5.26 Å². The molecule has 0 aromatic rings. The molecule has 0 radical (unpaired) electrons. The Hall–Kier alpha value is -0.550. The van der Waals surface area contributed by atoms with Gasteiger partial charge in [0.2, 0.25) is 0 Å². The summed E-state index contributed by atoms with van der Waals surface area (Å²) in [4.78, 5) is 2.51. The zero-order chi connectivity index (χ0) is 12.5. The van der Waals surface area contributed by atoms with E-state index in [1.54, 1.807) is 0 Å². The lowest BCUT2D eigenvalue weighted by atomic mass is 9.75. The smallest absolute Gasteiger partial charge is 0.109 e. The highest BCUT2D eigenvalue weighted by atomic mass is 15.2. The molecule has 2 aliphatic rings. The highest BCUT2D eigenvalue weighted by Crippen LogP contribution is 2.38. The molecule has 0 bridgehead atoms. The zero-order valence-electron chi connectivity index (χ0n) is 11.6. The zero-order valence-corrected chi connectivity index (χ0v) is 11.6. The summed E-state index contributed by atoms with van der Waals surface area (Å²) >= 11 is 0. The van der Waals surface area contributed by atoms with Crippen molar-refractivity contribution in [3.63, 3.8) is 0 Å². The fourth-order valence-electron chi connectivity index (χ4n) is 3.75. The van der Waals surface area contributed by atoms with E-state index in [1.807, 2.05) is 0 Å². The molecule has 1 aliphatic carbocycles. The standard InChI is InChI=1S/C15H26N2/c1-12-4-6-15(11-16,7-5-12)17-9-13(2)8-14(3)10-17/h12-14H,4-10H2,1-3H3. The van der Waals surface area contributed by atoms with Crippen LogP contribution in [0.4, 0.5) is 0 Å². The Kier molecular flexibility index (Phi) is 3.78. The van der Waals surface area contributed by atoms with Crippen LogP contribution in [0, 0.1) is 29.1 Å². The van der Waals surface area contributed by atoms with Crippen molar-refractivity contribution in [3.05, 3.63) is 0 Å². The largest absolute Gasteiger partial charge is 0.285 e. The molecular weight excluding hydrogens is 208 g/mol. The maximum Gasteiger partial charge on any atom is 0.109 e. The number of piperidine rings is 1. The predicted octanol–water partition coefficient (Wildman–Crippen LogP) is 3.44. The minimum atomic E-state index is -0.130. The van der Waals surface area contributed by atoms with Crippen LogP contribution in [0.15, 0.2) is 0 Å². The van der Waals surface area contributed by atoms with Crippen molar-refractivity contribution < 1.29 is 0 Å². The van der Waals surface area contributed by atoms with E-state index < -0.39 is 0 Å². The molecule has 1 saturated heterocycles. The normalized spacial score (nSPS) is 44.2. The van der Waals surface area contributed by atoms with Gasteiger partial charge in [0, 0.05) is 13.1 Å². The van der Waals surface area contributed by atoms with Crippen molar-refractivity contribution in [2.75, 3.05) is 13.1 Å². The molecule has 0 N–H and O–H groups in total. The maximum atomic E-state index is 9.66. The topological polar surface area (TPSA) is 27.0 Å². The van der Waals surface area contributed by atoms with Gasteiger partial charge in [0.25, 0.3) is 0 Å². The number of nitrogens with zero attached hydrogens (tertiary/aromatic N) is 2. The Balaban J connectivity index is 2.10. The molecule has 0 aromatic heterocycles. The lowest BCUT2D eigenvalue weighted by Gasteiger charge is -2.47. The minimum absolute atomic E-state index is 0.130. The highest BCUT2D eigenvalue weighted by molar-refractivity contribution is 5.11. The first-order valence-electron chi connectivity index (χ1n) is 7.22. The van der Waals surface area contributed by atoms with E-state index in [-0.39, 0.29) is 5.54 Å². The summed E-state index contributed by atoms with van der Waals surface area (Å²) in [7, 11) is 0. The quantitative estimate of drug-likeness (QED) is 0.695. The van der Waals surface area contributed by atoms with Crippen LogP contribution in [-0.2, 0) is 0 Å². The van der Waals surface area contributed by atoms with Gasteiger partial charge in [-0.2, -0.15) is 5.26 Å². The van der Waals surface area contributed by atoms with Crippen molar-refractivity contribution in [3.8, 4) is 6.07 Å². The molecule has 0 aromatic carbocycles. The molecule has 2 atom stereocenters. The molecule has 0 amide bonds. The van der Waals surface area contributed by atoms with Gasteiger partial charge in [0.1, 0.15) is 5.54 Å². The van der Waals surface area contributed by atoms with Crippen LogP contribution in [0.5, 0.6) is 0 Å². The summed E-state index contributed by atoms with van der Waals surface area (Å²) < 4.78 is 0. The van der Waals surface area contributed by atoms with E-state index in [1.165, 1.54) is 19.3 Å². The molecule has 96 valence electrons. The van der Waals surface area contributed by atoms with Gasteiger partial charge in [-0.05, 0) is 49.9 Å². The molecule has 2 heteroatoms. The molecule has 17 heavy (non-hydrogen) atoms. The van der Waals surface area contributed by atoms with Gasteiger partial charge in [0.15, 0.2) is 0 Å². The summed E-state index contributed by atoms with van der Waals surface area (Å²) in [6.07, 6.45) is 5.96. The third kappa shape index (κ3) is 2.65. The molecule has 1 aliphatic heterocycles. The number of hydrogen-bond acceptors (Lipinski definition) is 2. The van der Waals surface area contributed by atoms with Crippen molar-refractivity contribution in [2.24, 2.45) is 17.8 Å². The summed E-state index contributed by atoms with van der Waals surface area (Å²) in [6.45, 7) is 9.25. The first-order valence-corrected chi connectivity index (χ1v) is 7.22. The number of hydrogen-bond donors (Lipinski definition) is 0. The Bertz CT molecular complexity index is 287. The molecule has 1 saturated carbocycles. The second-order valence-corrected chi connectivity index (χ2v) is 6.68. The van der Waals surface area contributed by atoms with Gasteiger partial charge >= 0.3 is 0 Å². The van der Waals surface area contributed by atoms with E-state index in [0.717, 1.165) is 43.7 Å². The number of nitriles is 1. The minimum Gasteiger partial charge on any atom is -0.285 e. The molecular formula is C15H26N2. The van der Waals surface area contributed by atoms with Crippen LogP contribution in [0.3, 0.4) is 0 Å². The molecule has 2 rings (SSSR count). The molecule has 2 fully saturated rings. The second kappa shape index (κ2) is 4.98. The van der Waals surface area contributed by atoms with Crippen LogP contribution in [0.25, 0.3) is 0 Å². The Morgan fingerprint density at radius 1 is 1.00 bits per heavy atom. The summed E-state index contributed by atoms with van der Waals surface area (Å²) in [5.41, 5.74) is -0.130. The third-order valence-corrected chi connectivity index (χ3v) is 4.78. The van der Waals surface area contributed by atoms with Gasteiger partial charge < -0.3 is 0 Å². The molecule has 1 heterocycles. The molecule has 0 spiro atoms. The first kappa shape index (κ1) is 12.9. The monoisotopic (exact) mass is 234 g/mol. The van der Waals surface area contributed by atoms with Crippen LogP contribution >= 0.6 is 0 Å². The average Bonchev–Trinajstić information content (AvgIpc) is 2.29. The van der Waals surface area contributed by atoms with E-state index in [0.29, 0.717) is 0 Å². The van der Waals surface area contributed by atoms with Crippen LogP contribution in [-0.4, -0.2) is 23.5 Å². The average molecular weight is 234 g/mol. The fourth-order valence-corrected chi connectivity index (χ4v) is 3.75. The number of likely N-dealkylation sites (tertiary alicyclic amines) is 1. The van der Waals surface area contributed by atoms with Gasteiger partial charge in [0.05, 0.1) is 6.07 Å². The van der Waals surface area contributed by atoms with Gasteiger partial charge in [-0.25, -0.2) is 0 Å². The Labute approximate surface area is 106 Å². The van der Waals surface area contributed by atoms with Gasteiger partial charge in [-0.15, -0.1) is 0 Å². The fraction of sp³-hybridized carbons (Fsp3) is 0.933. The third-order valence-electron chi connectivity index (χ3n) is 4.78. The Morgan fingerprint density at radius 2 is 1.53 bits per heavy atom. The molecule has 2 unspecified atom stereocenters. The molecule has 2 nitrogen and oxygen atoms in total. The van der Waals surface area contributed by atoms with Crippen LogP contribution in [0.1, 0.15) is 52.9 Å². The van der Waals surface area contributed by atoms with Crippen molar-refractivity contribution in [2.45, 2.75) is 58.4 Å². The SMILES string of the molecule is CC1CCC(C#N)(N2CC(C)CC(C)C2)CC1. The lowest BCUT2D eigenvalue weighted by molar-refractivity contribution is 0.0269. The lowest BCUT2D eigenvalue weighted by Crippen LogP contribution is -2.55. The predicted molar refractivity (Wildman–Crippen MR) is 70.5 cm³/mol. The second-order valence-electron chi connectivity index (χ2n) is 6.68. The van der Waals surface area contributed by atoms with Gasteiger partial charge in [-0.1, -0.05) is 20.8 Å². The van der Waals surface area contributed by atoms with Crippen molar-refractivity contribution in [1.82, 2.24) is 4.90 Å². The van der Waals surface area contributed by atoms with E-state index >= 15 is 0 Å². The van der Waals surface area contributed by atoms with Crippen LogP contribution < -0.4 is 0 Å². The van der Waals surface area contributed by atoms with E-state index in [2.05, 4.69) is 31.7 Å². The maximum absolute atomic E-state index is 9.66. The van der Waals surface area contributed by atoms with E-state index in [4.69, 9.17) is 0 Å². The van der Waals surface area contributed by atoms with Crippen LogP contribution in [0.2, 0.25) is 0 Å².